The minimum atomic E-state index is -3.29. The molecule has 0 spiro atoms. The molecule has 1 aromatic carbocycles. The number of rotatable bonds is 4. The van der Waals surface area contributed by atoms with E-state index < -0.39 is 15.3 Å². The molecule has 1 aliphatic carbocycles. The minimum Gasteiger partial charge on any atom is -0.299 e. The highest BCUT2D eigenvalue weighted by Crippen LogP contribution is 2.39. The van der Waals surface area contributed by atoms with E-state index in [1.807, 2.05) is 13.8 Å². The lowest BCUT2D eigenvalue weighted by molar-refractivity contribution is -0.134. The van der Waals surface area contributed by atoms with Crippen molar-refractivity contribution < 1.29 is 13.2 Å². The SMILES string of the molecule is CC1CCCC(C)(CCS(=O)(=O)c2ccccc2)C1=O. The molecular formula is C16H22O3S. The van der Waals surface area contributed by atoms with E-state index >= 15 is 0 Å². The summed E-state index contributed by atoms with van der Waals surface area (Å²) in [6, 6.07) is 8.48. The Morgan fingerprint density at radius 1 is 1.25 bits per heavy atom. The largest absolute Gasteiger partial charge is 0.299 e. The number of ketones is 1. The Morgan fingerprint density at radius 3 is 2.55 bits per heavy atom. The minimum absolute atomic E-state index is 0.0476. The van der Waals surface area contributed by atoms with Gasteiger partial charge in [-0.25, -0.2) is 8.42 Å². The molecule has 4 heteroatoms. The average Bonchev–Trinajstić information content (AvgIpc) is 2.44. The third kappa shape index (κ3) is 3.11. The quantitative estimate of drug-likeness (QED) is 0.856. The Balaban J connectivity index is 2.10. The fourth-order valence-electron chi connectivity index (χ4n) is 3.00. The molecule has 0 saturated heterocycles. The predicted molar refractivity (Wildman–Crippen MR) is 79.2 cm³/mol. The maximum absolute atomic E-state index is 12.3. The summed E-state index contributed by atoms with van der Waals surface area (Å²) in [7, 11) is -3.29. The molecule has 0 aliphatic heterocycles. The molecule has 0 amide bonds. The van der Waals surface area contributed by atoms with Gasteiger partial charge in [0, 0.05) is 11.3 Å². The van der Waals surface area contributed by atoms with Crippen molar-refractivity contribution in [1.29, 1.82) is 0 Å². The van der Waals surface area contributed by atoms with E-state index in [9.17, 15) is 13.2 Å². The van der Waals surface area contributed by atoms with Crippen LogP contribution in [-0.2, 0) is 14.6 Å². The van der Waals surface area contributed by atoms with E-state index in [0.29, 0.717) is 11.3 Å². The van der Waals surface area contributed by atoms with Crippen molar-refractivity contribution in [3.8, 4) is 0 Å². The smallest absolute Gasteiger partial charge is 0.178 e. The van der Waals surface area contributed by atoms with Crippen molar-refractivity contribution in [2.24, 2.45) is 11.3 Å². The summed E-state index contributed by atoms with van der Waals surface area (Å²) in [6.07, 6.45) is 3.17. The zero-order valence-electron chi connectivity index (χ0n) is 12.1. The van der Waals surface area contributed by atoms with Crippen LogP contribution < -0.4 is 0 Å². The van der Waals surface area contributed by atoms with Gasteiger partial charge in [-0.3, -0.25) is 4.79 Å². The van der Waals surface area contributed by atoms with Gasteiger partial charge in [0.05, 0.1) is 10.6 Å². The first-order valence-electron chi connectivity index (χ1n) is 7.17. The monoisotopic (exact) mass is 294 g/mol. The highest BCUT2D eigenvalue weighted by Gasteiger charge is 2.39. The van der Waals surface area contributed by atoms with Crippen LogP contribution in [0.2, 0.25) is 0 Å². The van der Waals surface area contributed by atoms with E-state index in [1.54, 1.807) is 30.3 Å². The molecule has 3 nitrogen and oxygen atoms in total. The van der Waals surface area contributed by atoms with Gasteiger partial charge in [-0.05, 0) is 31.4 Å². The number of Topliss-reactive ketones (excluding diaryl/α,β-unsaturated/α-hetero) is 1. The number of hydrogen-bond acceptors (Lipinski definition) is 3. The highest BCUT2D eigenvalue weighted by atomic mass is 32.2. The van der Waals surface area contributed by atoms with E-state index in [4.69, 9.17) is 0 Å². The van der Waals surface area contributed by atoms with Crippen LogP contribution in [-0.4, -0.2) is 20.0 Å². The topological polar surface area (TPSA) is 51.2 Å². The van der Waals surface area contributed by atoms with Crippen LogP contribution in [0.4, 0.5) is 0 Å². The summed E-state index contributed by atoms with van der Waals surface area (Å²) in [4.78, 5) is 12.7. The fourth-order valence-corrected chi connectivity index (χ4v) is 4.53. The van der Waals surface area contributed by atoms with Gasteiger partial charge in [-0.1, -0.05) is 38.5 Å². The van der Waals surface area contributed by atoms with E-state index in [1.165, 1.54) is 0 Å². The second-order valence-corrected chi connectivity index (χ2v) is 8.21. The summed E-state index contributed by atoms with van der Waals surface area (Å²) in [5, 5.41) is 0. The van der Waals surface area contributed by atoms with Crippen molar-refractivity contribution in [1.82, 2.24) is 0 Å². The molecular weight excluding hydrogens is 272 g/mol. The Labute approximate surface area is 121 Å². The van der Waals surface area contributed by atoms with Crippen LogP contribution in [0, 0.1) is 11.3 Å². The molecule has 2 rings (SSSR count). The predicted octanol–water partition coefficient (Wildman–Crippen LogP) is 3.25. The van der Waals surface area contributed by atoms with E-state index in [2.05, 4.69) is 0 Å². The number of sulfone groups is 1. The van der Waals surface area contributed by atoms with E-state index in [-0.39, 0.29) is 17.5 Å². The molecule has 20 heavy (non-hydrogen) atoms. The van der Waals surface area contributed by atoms with Crippen molar-refractivity contribution >= 4 is 15.6 Å². The Bertz CT molecular complexity index is 577. The molecule has 1 aliphatic rings. The van der Waals surface area contributed by atoms with Crippen molar-refractivity contribution in [2.45, 2.75) is 44.4 Å². The number of benzene rings is 1. The maximum Gasteiger partial charge on any atom is 0.178 e. The number of carbonyl (C=O) groups excluding carboxylic acids is 1. The van der Waals surface area contributed by atoms with Crippen molar-refractivity contribution in [3.05, 3.63) is 30.3 Å². The Morgan fingerprint density at radius 2 is 1.90 bits per heavy atom. The molecule has 0 radical (unpaired) electrons. The Hall–Kier alpha value is -1.16. The lowest BCUT2D eigenvalue weighted by atomic mass is 9.69. The van der Waals surface area contributed by atoms with E-state index in [0.717, 1.165) is 19.3 Å². The molecule has 110 valence electrons. The molecule has 1 aromatic rings. The molecule has 0 aromatic heterocycles. The van der Waals surface area contributed by atoms with Gasteiger partial charge in [0.1, 0.15) is 5.78 Å². The third-order valence-electron chi connectivity index (χ3n) is 4.43. The molecule has 2 atom stereocenters. The second-order valence-electron chi connectivity index (χ2n) is 6.10. The van der Waals surface area contributed by atoms with Crippen LogP contribution in [0.15, 0.2) is 35.2 Å². The van der Waals surface area contributed by atoms with Gasteiger partial charge in [0.25, 0.3) is 0 Å². The first-order chi connectivity index (χ1) is 9.35. The molecule has 1 saturated carbocycles. The molecule has 0 N–H and O–H groups in total. The van der Waals surface area contributed by atoms with Crippen LogP contribution in [0.25, 0.3) is 0 Å². The fraction of sp³-hybridized carbons (Fsp3) is 0.562. The third-order valence-corrected chi connectivity index (χ3v) is 6.17. The van der Waals surface area contributed by atoms with Gasteiger partial charge < -0.3 is 0 Å². The van der Waals surface area contributed by atoms with Gasteiger partial charge in [-0.15, -0.1) is 0 Å². The standard InChI is InChI=1S/C16H22O3S/c1-13-7-6-10-16(2,15(13)17)11-12-20(18,19)14-8-4-3-5-9-14/h3-5,8-9,13H,6-7,10-12H2,1-2H3. The van der Waals surface area contributed by atoms with Crippen molar-refractivity contribution in [2.75, 3.05) is 5.75 Å². The zero-order chi connectivity index (χ0) is 14.8. The van der Waals surface area contributed by atoms with Crippen molar-refractivity contribution in [3.63, 3.8) is 0 Å². The molecule has 0 bridgehead atoms. The summed E-state index contributed by atoms with van der Waals surface area (Å²) >= 11 is 0. The van der Waals surface area contributed by atoms with Crippen LogP contribution in [0.1, 0.15) is 39.5 Å². The van der Waals surface area contributed by atoms with Gasteiger partial charge in [0.2, 0.25) is 0 Å². The van der Waals surface area contributed by atoms with Crippen LogP contribution >= 0.6 is 0 Å². The molecule has 2 unspecified atom stereocenters. The Kier molecular flexibility index (Phi) is 4.33. The zero-order valence-corrected chi connectivity index (χ0v) is 12.9. The maximum atomic E-state index is 12.3. The summed E-state index contributed by atoms with van der Waals surface area (Å²) in [5.74, 6) is 0.339. The lowest BCUT2D eigenvalue weighted by Crippen LogP contribution is -2.37. The lowest BCUT2D eigenvalue weighted by Gasteiger charge is -2.35. The molecule has 0 heterocycles. The number of hydrogen-bond donors (Lipinski definition) is 0. The average molecular weight is 294 g/mol. The first-order valence-corrected chi connectivity index (χ1v) is 8.82. The summed E-state index contributed by atoms with van der Waals surface area (Å²) in [5.41, 5.74) is -0.473. The van der Waals surface area contributed by atoms with Crippen LogP contribution in [0.3, 0.4) is 0 Å². The highest BCUT2D eigenvalue weighted by molar-refractivity contribution is 7.91. The number of carbonyl (C=O) groups is 1. The normalized spacial score (nSPS) is 27.5. The molecule has 1 fully saturated rings. The van der Waals surface area contributed by atoms with Crippen LogP contribution in [0.5, 0.6) is 0 Å². The second kappa shape index (κ2) is 5.68. The summed E-state index contributed by atoms with van der Waals surface area (Å²) in [6.45, 7) is 3.87. The summed E-state index contributed by atoms with van der Waals surface area (Å²) < 4.78 is 24.6. The van der Waals surface area contributed by atoms with Gasteiger partial charge in [-0.2, -0.15) is 0 Å². The first kappa shape index (κ1) is 15.2. The van der Waals surface area contributed by atoms with Gasteiger partial charge in [0.15, 0.2) is 9.84 Å². The van der Waals surface area contributed by atoms with Gasteiger partial charge >= 0.3 is 0 Å².